The second-order valence-corrected chi connectivity index (χ2v) is 7.19. The number of aromatic amines is 2. The topological polar surface area (TPSA) is 89.8 Å². The van der Waals surface area contributed by atoms with E-state index in [1.807, 2.05) is 60.8 Å². The Kier molecular flexibility index (Phi) is 3.98. The summed E-state index contributed by atoms with van der Waals surface area (Å²) < 4.78 is 0. The predicted molar refractivity (Wildman–Crippen MR) is 109 cm³/mol. The third-order valence-electron chi connectivity index (χ3n) is 5.50. The Morgan fingerprint density at radius 1 is 1.04 bits per heavy atom. The van der Waals surface area contributed by atoms with E-state index in [1.54, 1.807) is 0 Å². The van der Waals surface area contributed by atoms with Crippen LogP contribution in [0.2, 0.25) is 0 Å². The first-order valence-electron chi connectivity index (χ1n) is 9.43. The van der Waals surface area contributed by atoms with Gasteiger partial charge >= 0.3 is 0 Å². The molecule has 1 aliphatic heterocycles. The van der Waals surface area contributed by atoms with Crippen LogP contribution in [0.25, 0.3) is 21.8 Å². The molecular formula is C22H20N4O2. The fourth-order valence-corrected chi connectivity index (χ4v) is 4.11. The first-order chi connectivity index (χ1) is 13.7. The van der Waals surface area contributed by atoms with Gasteiger partial charge in [-0.25, -0.2) is 0 Å². The normalized spacial score (nSPS) is 19.3. The highest BCUT2D eigenvalue weighted by atomic mass is 16.1. The molecule has 4 aromatic rings. The maximum Gasteiger partial charge on any atom is 0.253 e. The number of para-hydroxylation sites is 1. The van der Waals surface area contributed by atoms with Crippen LogP contribution in [0.15, 0.2) is 65.6 Å². The Labute approximate surface area is 161 Å². The zero-order chi connectivity index (χ0) is 19.1. The third-order valence-corrected chi connectivity index (χ3v) is 5.50. The number of fused-ring (bicyclic) bond motifs is 2. The Hall–Kier alpha value is -3.38. The number of hydrogen-bond donors (Lipinski definition) is 4. The quantitative estimate of drug-likeness (QED) is 0.446. The summed E-state index contributed by atoms with van der Waals surface area (Å²) in [6, 6.07) is 16.8. The number of rotatable bonds is 3. The fourth-order valence-electron chi connectivity index (χ4n) is 4.11. The Bertz CT molecular complexity index is 1240. The summed E-state index contributed by atoms with van der Waals surface area (Å²) in [4.78, 5) is 31.7. The highest BCUT2D eigenvalue weighted by molar-refractivity contribution is 6.06. The molecule has 0 spiro atoms. The molecule has 2 aromatic carbocycles. The van der Waals surface area contributed by atoms with Crippen molar-refractivity contribution < 1.29 is 4.79 Å². The lowest BCUT2D eigenvalue weighted by Gasteiger charge is -2.21. The highest BCUT2D eigenvalue weighted by Crippen LogP contribution is 2.25. The Balaban J connectivity index is 1.46. The summed E-state index contributed by atoms with van der Waals surface area (Å²) in [5.74, 6) is -0.124. The molecule has 0 radical (unpaired) electrons. The molecule has 1 fully saturated rings. The highest BCUT2D eigenvalue weighted by Gasteiger charge is 2.32. The molecule has 1 amide bonds. The molecule has 6 heteroatoms. The van der Waals surface area contributed by atoms with Crippen molar-refractivity contribution in [1.29, 1.82) is 0 Å². The summed E-state index contributed by atoms with van der Waals surface area (Å²) in [7, 11) is 0. The van der Waals surface area contributed by atoms with E-state index >= 15 is 0 Å². The number of benzene rings is 2. The molecule has 2 aromatic heterocycles. The predicted octanol–water partition coefficient (Wildman–Crippen LogP) is 2.84. The molecule has 140 valence electrons. The molecule has 0 aliphatic carbocycles. The van der Waals surface area contributed by atoms with Gasteiger partial charge in [-0.05, 0) is 48.7 Å². The molecule has 28 heavy (non-hydrogen) atoms. The van der Waals surface area contributed by atoms with Crippen molar-refractivity contribution in [1.82, 2.24) is 20.6 Å². The van der Waals surface area contributed by atoms with Gasteiger partial charge < -0.3 is 20.6 Å². The Morgan fingerprint density at radius 2 is 1.89 bits per heavy atom. The van der Waals surface area contributed by atoms with Gasteiger partial charge in [-0.1, -0.05) is 24.3 Å². The summed E-state index contributed by atoms with van der Waals surface area (Å²) in [6.07, 6.45) is 2.60. The van der Waals surface area contributed by atoms with Crippen LogP contribution in [0.4, 0.5) is 0 Å². The number of amides is 1. The second-order valence-electron chi connectivity index (χ2n) is 7.19. The van der Waals surface area contributed by atoms with Crippen LogP contribution in [-0.4, -0.2) is 28.5 Å². The summed E-state index contributed by atoms with van der Waals surface area (Å²) in [5, 5.41) is 8.38. The molecular weight excluding hydrogens is 352 g/mol. The van der Waals surface area contributed by atoms with Crippen LogP contribution in [-0.2, 0) is 0 Å². The monoisotopic (exact) mass is 372 g/mol. The van der Waals surface area contributed by atoms with Crippen LogP contribution in [0.5, 0.6) is 0 Å². The van der Waals surface area contributed by atoms with Crippen LogP contribution >= 0.6 is 0 Å². The van der Waals surface area contributed by atoms with Gasteiger partial charge in [0.15, 0.2) is 0 Å². The first kappa shape index (κ1) is 16.8. The summed E-state index contributed by atoms with van der Waals surface area (Å²) in [5.41, 5.74) is 2.91. The van der Waals surface area contributed by atoms with Crippen molar-refractivity contribution in [2.24, 2.45) is 0 Å². The number of carbonyl (C=O) groups is 1. The zero-order valence-electron chi connectivity index (χ0n) is 15.2. The van der Waals surface area contributed by atoms with Crippen molar-refractivity contribution in [3.05, 3.63) is 82.3 Å². The Morgan fingerprint density at radius 3 is 2.82 bits per heavy atom. The van der Waals surface area contributed by atoms with E-state index in [-0.39, 0.29) is 23.6 Å². The van der Waals surface area contributed by atoms with Crippen molar-refractivity contribution in [3.8, 4) is 0 Å². The molecule has 1 aliphatic rings. The van der Waals surface area contributed by atoms with Crippen LogP contribution in [0.1, 0.15) is 28.4 Å². The lowest BCUT2D eigenvalue weighted by Crippen LogP contribution is -2.40. The van der Waals surface area contributed by atoms with Gasteiger partial charge in [0, 0.05) is 33.7 Å². The summed E-state index contributed by atoms with van der Waals surface area (Å²) in [6.45, 7) is 0.746. The van der Waals surface area contributed by atoms with Gasteiger partial charge in [0.2, 0.25) is 0 Å². The maximum absolute atomic E-state index is 12.9. The number of nitrogens with one attached hydrogen (secondary N) is 4. The molecule has 4 N–H and O–H groups in total. The van der Waals surface area contributed by atoms with Crippen molar-refractivity contribution >= 4 is 27.7 Å². The average molecular weight is 372 g/mol. The lowest BCUT2D eigenvalue weighted by molar-refractivity contribution is 0.0935. The van der Waals surface area contributed by atoms with Crippen LogP contribution in [0, 0.1) is 0 Å². The van der Waals surface area contributed by atoms with Crippen LogP contribution < -0.4 is 16.2 Å². The van der Waals surface area contributed by atoms with E-state index in [4.69, 9.17) is 0 Å². The standard InChI is InChI=1S/C22H20N4O2/c27-21(15-5-3-7-18-14(15)8-10-23-18)26-19-9-11-24-20(19)16-12-13-4-1-2-6-17(13)25-22(16)28/h1-8,10,12,19-20,23-24H,9,11H2,(H,25,28)(H,26,27). The minimum Gasteiger partial charge on any atom is -0.361 e. The van der Waals surface area contributed by atoms with E-state index in [0.29, 0.717) is 11.1 Å². The van der Waals surface area contributed by atoms with Gasteiger partial charge in [0.05, 0.1) is 12.1 Å². The van der Waals surface area contributed by atoms with Crippen LogP contribution in [0.3, 0.4) is 0 Å². The first-order valence-corrected chi connectivity index (χ1v) is 9.43. The van der Waals surface area contributed by atoms with E-state index in [2.05, 4.69) is 20.6 Å². The number of aromatic nitrogens is 2. The van der Waals surface area contributed by atoms with Gasteiger partial charge in [-0.2, -0.15) is 0 Å². The van der Waals surface area contributed by atoms with Crippen molar-refractivity contribution in [2.45, 2.75) is 18.5 Å². The number of H-pyrrole nitrogens is 2. The molecule has 0 saturated carbocycles. The van der Waals surface area contributed by atoms with E-state index in [0.717, 1.165) is 34.8 Å². The third kappa shape index (κ3) is 2.78. The number of hydrogen-bond acceptors (Lipinski definition) is 3. The van der Waals surface area contributed by atoms with Gasteiger partial charge in [0.1, 0.15) is 0 Å². The second kappa shape index (κ2) is 6.65. The molecule has 6 nitrogen and oxygen atoms in total. The van der Waals surface area contributed by atoms with Crippen molar-refractivity contribution in [2.75, 3.05) is 6.54 Å². The lowest BCUT2D eigenvalue weighted by atomic mass is 9.99. The van der Waals surface area contributed by atoms with E-state index in [9.17, 15) is 9.59 Å². The average Bonchev–Trinajstić information content (AvgIpc) is 3.36. The molecule has 0 bridgehead atoms. The van der Waals surface area contributed by atoms with Crippen molar-refractivity contribution in [3.63, 3.8) is 0 Å². The minimum atomic E-state index is -0.220. The fraction of sp³-hybridized carbons (Fsp3) is 0.182. The molecule has 2 unspecified atom stereocenters. The minimum absolute atomic E-state index is 0.120. The molecule has 2 atom stereocenters. The van der Waals surface area contributed by atoms with E-state index in [1.165, 1.54) is 0 Å². The molecule has 5 rings (SSSR count). The number of carbonyl (C=O) groups excluding carboxylic acids is 1. The van der Waals surface area contributed by atoms with Gasteiger partial charge in [-0.3, -0.25) is 9.59 Å². The smallest absolute Gasteiger partial charge is 0.253 e. The molecule has 1 saturated heterocycles. The van der Waals surface area contributed by atoms with E-state index < -0.39 is 0 Å². The van der Waals surface area contributed by atoms with Gasteiger partial charge in [0.25, 0.3) is 11.5 Å². The van der Waals surface area contributed by atoms with Gasteiger partial charge in [-0.15, -0.1) is 0 Å². The zero-order valence-corrected chi connectivity index (χ0v) is 15.2. The SMILES string of the molecule is O=C(NC1CCNC1c1cc2ccccc2[nH]c1=O)c1cccc2[nH]ccc12. The largest absolute Gasteiger partial charge is 0.361 e. The number of pyridine rings is 1. The maximum atomic E-state index is 12.9. The summed E-state index contributed by atoms with van der Waals surface area (Å²) >= 11 is 0. The molecule has 3 heterocycles.